The first-order valence-corrected chi connectivity index (χ1v) is 8.02. The van der Waals surface area contributed by atoms with E-state index in [0.717, 1.165) is 28.2 Å². The second kappa shape index (κ2) is 5.77. The molecule has 0 amide bonds. The highest BCUT2D eigenvalue weighted by atomic mass is 15.1. The Morgan fingerprint density at radius 2 is 1.96 bits per heavy atom. The number of hydrogen-bond acceptors (Lipinski definition) is 3. The second-order valence-electron chi connectivity index (χ2n) is 5.97. The van der Waals surface area contributed by atoms with Crippen LogP contribution in [0.25, 0.3) is 11.2 Å². The van der Waals surface area contributed by atoms with Crippen molar-refractivity contribution in [3.05, 3.63) is 54.0 Å². The van der Waals surface area contributed by atoms with Crippen molar-refractivity contribution < 1.29 is 0 Å². The molecule has 2 aromatic heterocycles. The van der Waals surface area contributed by atoms with E-state index in [0.29, 0.717) is 6.04 Å². The maximum atomic E-state index is 5.82. The van der Waals surface area contributed by atoms with Gasteiger partial charge < -0.3 is 5.73 Å². The molecular weight excluding hydrogens is 284 g/mol. The third-order valence-corrected chi connectivity index (χ3v) is 4.34. The molecule has 1 fully saturated rings. The van der Waals surface area contributed by atoms with E-state index in [1.807, 2.05) is 42.6 Å². The number of anilines is 1. The average molecular weight is 302 g/mol. The molecule has 1 saturated carbocycles. The number of hydrogen-bond donors (Lipinski definition) is 1. The summed E-state index contributed by atoms with van der Waals surface area (Å²) >= 11 is 0. The zero-order chi connectivity index (χ0) is 15.6. The number of imidazole rings is 1. The molecule has 1 aromatic carbocycles. The lowest BCUT2D eigenvalue weighted by molar-refractivity contribution is 0.524. The highest BCUT2D eigenvalue weighted by Gasteiger charge is 2.22. The van der Waals surface area contributed by atoms with Crippen molar-refractivity contribution in [3.8, 4) is 11.8 Å². The minimum Gasteiger partial charge on any atom is -0.399 e. The van der Waals surface area contributed by atoms with Crippen LogP contribution < -0.4 is 5.73 Å². The number of pyridine rings is 1. The Balaban J connectivity index is 1.82. The first-order valence-electron chi connectivity index (χ1n) is 8.02. The van der Waals surface area contributed by atoms with Crippen LogP contribution in [0.15, 0.2) is 42.6 Å². The summed E-state index contributed by atoms with van der Waals surface area (Å²) in [6.45, 7) is 0. The van der Waals surface area contributed by atoms with Gasteiger partial charge in [0.25, 0.3) is 0 Å². The van der Waals surface area contributed by atoms with E-state index in [2.05, 4.69) is 21.4 Å². The maximum Gasteiger partial charge on any atom is 0.188 e. The van der Waals surface area contributed by atoms with Crippen LogP contribution in [0.3, 0.4) is 0 Å². The van der Waals surface area contributed by atoms with Crippen LogP contribution in [0, 0.1) is 11.8 Å². The van der Waals surface area contributed by atoms with Gasteiger partial charge in [0.2, 0.25) is 0 Å². The smallest absolute Gasteiger partial charge is 0.188 e. The molecule has 23 heavy (non-hydrogen) atoms. The van der Waals surface area contributed by atoms with Crippen molar-refractivity contribution in [1.82, 2.24) is 14.5 Å². The SMILES string of the molecule is Nc1cccc(C#Cc2nc3cccnc3n2C2CCCC2)c1. The molecule has 2 heterocycles. The van der Waals surface area contributed by atoms with Crippen molar-refractivity contribution in [1.29, 1.82) is 0 Å². The van der Waals surface area contributed by atoms with E-state index in [1.165, 1.54) is 25.7 Å². The lowest BCUT2D eigenvalue weighted by Gasteiger charge is -2.13. The van der Waals surface area contributed by atoms with Crippen LogP contribution in [-0.4, -0.2) is 14.5 Å². The Labute approximate surface area is 135 Å². The van der Waals surface area contributed by atoms with Gasteiger partial charge in [0.05, 0.1) is 0 Å². The van der Waals surface area contributed by atoms with Crippen LogP contribution >= 0.6 is 0 Å². The number of aromatic nitrogens is 3. The third kappa shape index (κ3) is 2.66. The standard InChI is InChI=1S/C19H18N4/c20-15-6-3-5-14(13-15)10-11-18-22-17-9-4-12-21-19(17)23(18)16-7-1-2-8-16/h3-6,9,12-13,16H,1-2,7-8,20H2. The van der Waals surface area contributed by atoms with Crippen molar-refractivity contribution >= 4 is 16.9 Å². The van der Waals surface area contributed by atoms with Crippen LogP contribution in [0.5, 0.6) is 0 Å². The van der Waals surface area contributed by atoms with E-state index in [9.17, 15) is 0 Å². The molecule has 1 aliphatic carbocycles. The Kier molecular flexibility index (Phi) is 3.47. The Bertz CT molecular complexity index is 908. The fourth-order valence-electron chi connectivity index (χ4n) is 3.27. The van der Waals surface area contributed by atoms with Crippen molar-refractivity contribution in [3.63, 3.8) is 0 Å². The van der Waals surface area contributed by atoms with Crippen LogP contribution in [0.1, 0.15) is 43.1 Å². The van der Waals surface area contributed by atoms with Gasteiger partial charge in [-0.15, -0.1) is 0 Å². The lowest BCUT2D eigenvalue weighted by atomic mass is 10.2. The van der Waals surface area contributed by atoms with Crippen molar-refractivity contribution in [2.75, 3.05) is 5.73 Å². The van der Waals surface area contributed by atoms with Gasteiger partial charge in [0, 0.05) is 23.5 Å². The zero-order valence-corrected chi connectivity index (χ0v) is 12.9. The van der Waals surface area contributed by atoms with Crippen LogP contribution in [0.4, 0.5) is 5.69 Å². The molecule has 0 aliphatic heterocycles. The van der Waals surface area contributed by atoms with Gasteiger partial charge in [0.15, 0.2) is 11.5 Å². The fraction of sp³-hybridized carbons (Fsp3) is 0.263. The van der Waals surface area contributed by atoms with E-state index in [1.54, 1.807) is 0 Å². The third-order valence-electron chi connectivity index (χ3n) is 4.34. The molecule has 0 radical (unpaired) electrons. The minimum absolute atomic E-state index is 0.458. The Morgan fingerprint density at radius 1 is 1.09 bits per heavy atom. The van der Waals surface area contributed by atoms with Gasteiger partial charge in [-0.25, -0.2) is 9.97 Å². The van der Waals surface area contributed by atoms with Gasteiger partial charge in [-0.1, -0.05) is 24.8 Å². The fourth-order valence-corrected chi connectivity index (χ4v) is 3.27. The first kappa shape index (κ1) is 13.8. The summed E-state index contributed by atoms with van der Waals surface area (Å²) in [5, 5.41) is 0. The van der Waals surface area contributed by atoms with Crippen LogP contribution in [-0.2, 0) is 0 Å². The largest absolute Gasteiger partial charge is 0.399 e. The Morgan fingerprint density at radius 3 is 2.78 bits per heavy atom. The molecule has 0 saturated heterocycles. The van der Waals surface area contributed by atoms with Gasteiger partial charge in [0.1, 0.15) is 5.52 Å². The lowest BCUT2D eigenvalue weighted by Crippen LogP contribution is -2.08. The molecule has 0 unspecified atom stereocenters. The summed E-state index contributed by atoms with van der Waals surface area (Å²) in [5.74, 6) is 7.21. The molecule has 4 heteroatoms. The van der Waals surface area contributed by atoms with E-state index in [-0.39, 0.29) is 0 Å². The molecule has 2 N–H and O–H groups in total. The highest BCUT2D eigenvalue weighted by Crippen LogP contribution is 2.32. The van der Waals surface area contributed by atoms with Gasteiger partial charge in [-0.3, -0.25) is 4.57 Å². The summed E-state index contributed by atoms with van der Waals surface area (Å²) in [6, 6.07) is 12.0. The summed E-state index contributed by atoms with van der Waals surface area (Å²) in [4.78, 5) is 9.22. The highest BCUT2D eigenvalue weighted by molar-refractivity contribution is 5.72. The van der Waals surface area contributed by atoms with E-state index in [4.69, 9.17) is 10.7 Å². The van der Waals surface area contributed by atoms with E-state index < -0.39 is 0 Å². The number of nitrogens with zero attached hydrogens (tertiary/aromatic N) is 3. The predicted octanol–water partition coefficient (Wildman–Crippen LogP) is 3.53. The molecule has 114 valence electrons. The summed E-state index contributed by atoms with van der Waals surface area (Å²) < 4.78 is 2.22. The monoisotopic (exact) mass is 302 g/mol. The molecule has 0 spiro atoms. The van der Waals surface area contributed by atoms with Gasteiger partial charge >= 0.3 is 0 Å². The van der Waals surface area contributed by atoms with Gasteiger partial charge in [-0.05, 0) is 49.1 Å². The number of fused-ring (bicyclic) bond motifs is 1. The average Bonchev–Trinajstić information content (AvgIpc) is 3.19. The normalized spacial score (nSPS) is 14.8. The molecular formula is C19H18N4. The Hall–Kier alpha value is -2.80. The molecule has 1 aliphatic rings. The second-order valence-corrected chi connectivity index (χ2v) is 5.97. The quantitative estimate of drug-likeness (QED) is 0.552. The minimum atomic E-state index is 0.458. The molecule has 3 aromatic rings. The van der Waals surface area contributed by atoms with Crippen LogP contribution in [0.2, 0.25) is 0 Å². The van der Waals surface area contributed by atoms with Crippen molar-refractivity contribution in [2.24, 2.45) is 0 Å². The molecule has 0 atom stereocenters. The number of nitrogens with two attached hydrogens (primary N) is 1. The summed E-state index contributed by atoms with van der Waals surface area (Å²) in [5.41, 5.74) is 9.30. The number of rotatable bonds is 1. The maximum absolute atomic E-state index is 5.82. The topological polar surface area (TPSA) is 56.7 Å². The molecule has 0 bridgehead atoms. The molecule has 4 nitrogen and oxygen atoms in total. The first-order chi connectivity index (χ1) is 11.3. The van der Waals surface area contributed by atoms with E-state index >= 15 is 0 Å². The predicted molar refractivity (Wildman–Crippen MR) is 91.9 cm³/mol. The zero-order valence-electron chi connectivity index (χ0n) is 12.9. The van der Waals surface area contributed by atoms with Gasteiger partial charge in [-0.2, -0.15) is 0 Å². The summed E-state index contributed by atoms with van der Waals surface area (Å²) in [7, 11) is 0. The summed E-state index contributed by atoms with van der Waals surface area (Å²) in [6.07, 6.45) is 6.70. The number of nitrogen functional groups attached to an aromatic ring is 1. The van der Waals surface area contributed by atoms with Crippen molar-refractivity contribution in [2.45, 2.75) is 31.7 Å². The number of benzene rings is 1. The molecule has 4 rings (SSSR count).